The molecule has 1 atom stereocenters. The van der Waals surface area contributed by atoms with E-state index in [0.29, 0.717) is 11.5 Å². The van der Waals surface area contributed by atoms with Crippen LogP contribution in [0.3, 0.4) is 0 Å². The van der Waals surface area contributed by atoms with Crippen LogP contribution < -0.4 is 14.8 Å². The van der Waals surface area contributed by atoms with Gasteiger partial charge in [0.25, 0.3) is 5.91 Å². The van der Waals surface area contributed by atoms with Crippen molar-refractivity contribution in [3.8, 4) is 11.5 Å². The van der Waals surface area contributed by atoms with Crippen molar-refractivity contribution in [2.75, 3.05) is 13.7 Å². The lowest BCUT2D eigenvalue weighted by Gasteiger charge is -2.29. The van der Waals surface area contributed by atoms with E-state index in [0.717, 1.165) is 16.7 Å². The highest BCUT2D eigenvalue weighted by atomic mass is 16.5. The first-order chi connectivity index (χ1) is 14.2. The Morgan fingerprint density at radius 2 is 1.67 bits per heavy atom. The Morgan fingerprint density at radius 3 is 2.27 bits per heavy atom. The van der Waals surface area contributed by atoms with Crippen molar-refractivity contribution < 1.29 is 19.1 Å². The number of nitrogens with zero attached hydrogens (tertiary/aromatic N) is 1. The van der Waals surface area contributed by atoms with Crippen LogP contribution in [0.2, 0.25) is 0 Å². The number of ether oxygens (including phenoxy) is 2. The van der Waals surface area contributed by atoms with Crippen molar-refractivity contribution in [2.24, 2.45) is 0 Å². The van der Waals surface area contributed by atoms with Crippen LogP contribution in [-0.4, -0.2) is 42.5 Å². The summed E-state index contributed by atoms with van der Waals surface area (Å²) in [7, 11) is 1.60. The van der Waals surface area contributed by atoms with Crippen molar-refractivity contribution in [2.45, 2.75) is 53.2 Å². The predicted octanol–water partition coefficient (Wildman–Crippen LogP) is 3.63. The molecule has 6 heteroatoms. The van der Waals surface area contributed by atoms with Gasteiger partial charge in [-0.3, -0.25) is 9.59 Å². The number of aryl methyl sites for hydroxylation is 2. The van der Waals surface area contributed by atoms with Gasteiger partial charge >= 0.3 is 0 Å². The third-order valence-corrected chi connectivity index (χ3v) is 4.64. The fourth-order valence-corrected chi connectivity index (χ4v) is 3.20. The molecule has 0 fully saturated rings. The van der Waals surface area contributed by atoms with E-state index in [-0.39, 0.29) is 31.0 Å². The van der Waals surface area contributed by atoms with Gasteiger partial charge in [0.15, 0.2) is 6.61 Å². The molecule has 0 aromatic heterocycles. The average molecular weight is 413 g/mol. The van der Waals surface area contributed by atoms with Gasteiger partial charge in [0, 0.05) is 12.6 Å². The molecule has 2 aromatic carbocycles. The molecule has 162 valence electrons. The van der Waals surface area contributed by atoms with E-state index in [1.165, 1.54) is 4.90 Å². The molecule has 0 aliphatic heterocycles. The quantitative estimate of drug-likeness (QED) is 0.683. The number of benzene rings is 2. The fraction of sp³-hybridized carbons (Fsp3) is 0.417. The number of carbonyl (C=O) groups is 2. The topological polar surface area (TPSA) is 67.9 Å². The summed E-state index contributed by atoms with van der Waals surface area (Å²) in [5.41, 5.74) is 3.00. The molecular formula is C24H32N2O4. The van der Waals surface area contributed by atoms with E-state index in [1.54, 1.807) is 14.0 Å². The van der Waals surface area contributed by atoms with Crippen LogP contribution in [0.1, 0.15) is 37.5 Å². The van der Waals surface area contributed by atoms with Gasteiger partial charge in [-0.05, 0) is 75.6 Å². The van der Waals surface area contributed by atoms with E-state index < -0.39 is 6.04 Å². The van der Waals surface area contributed by atoms with Gasteiger partial charge in [0.05, 0.1) is 7.11 Å². The molecule has 0 aliphatic carbocycles. The Balaban J connectivity index is 2.19. The maximum absolute atomic E-state index is 13.1. The first-order valence-electron chi connectivity index (χ1n) is 10.1. The Bertz CT molecular complexity index is 859. The molecular weight excluding hydrogens is 380 g/mol. The van der Waals surface area contributed by atoms with Crippen LogP contribution in [0.25, 0.3) is 0 Å². The lowest BCUT2D eigenvalue weighted by atomic mass is 10.1. The second-order valence-corrected chi connectivity index (χ2v) is 7.82. The summed E-state index contributed by atoms with van der Waals surface area (Å²) < 4.78 is 11.0. The highest BCUT2D eigenvalue weighted by molar-refractivity contribution is 5.88. The predicted molar refractivity (Wildman–Crippen MR) is 118 cm³/mol. The fourth-order valence-electron chi connectivity index (χ4n) is 3.20. The SMILES string of the molecule is COc1cccc(CN(C(=O)COc2cc(C)cc(C)c2)[C@H](C)C(=O)NC(C)C)c1. The summed E-state index contributed by atoms with van der Waals surface area (Å²) in [4.78, 5) is 27.2. The first kappa shape index (κ1) is 23.3. The second-order valence-electron chi connectivity index (χ2n) is 7.82. The van der Waals surface area contributed by atoms with Gasteiger partial charge < -0.3 is 19.7 Å². The van der Waals surface area contributed by atoms with Crippen LogP contribution in [-0.2, 0) is 16.1 Å². The highest BCUT2D eigenvalue weighted by Gasteiger charge is 2.27. The summed E-state index contributed by atoms with van der Waals surface area (Å²) in [5.74, 6) is 0.878. The lowest BCUT2D eigenvalue weighted by Crippen LogP contribution is -2.50. The molecule has 0 heterocycles. The number of rotatable bonds is 9. The van der Waals surface area contributed by atoms with E-state index >= 15 is 0 Å². The molecule has 2 rings (SSSR count). The largest absolute Gasteiger partial charge is 0.497 e. The van der Waals surface area contributed by atoms with Gasteiger partial charge in [0.2, 0.25) is 5.91 Å². The number of methoxy groups -OCH3 is 1. The Kier molecular flexibility index (Phi) is 8.27. The third kappa shape index (κ3) is 6.79. The van der Waals surface area contributed by atoms with Gasteiger partial charge in [0.1, 0.15) is 17.5 Å². The number of hydrogen-bond donors (Lipinski definition) is 1. The van der Waals surface area contributed by atoms with Crippen LogP contribution in [0.5, 0.6) is 11.5 Å². The maximum Gasteiger partial charge on any atom is 0.261 e. The van der Waals surface area contributed by atoms with Crippen LogP contribution in [0.4, 0.5) is 0 Å². The van der Waals surface area contributed by atoms with Crippen LogP contribution in [0, 0.1) is 13.8 Å². The molecule has 2 aromatic rings. The zero-order valence-corrected chi connectivity index (χ0v) is 18.7. The average Bonchev–Trinajstić information content (AvgIpc) is 2.68. The third-order valence-electron chi connectivity index (χ3n) is 4.64. The van der Waals surface area contributed by atoms with Crippen molar-refractivity contribution in [3.05, 3.63) is 59.2 Å². The molecule has 30 heavy (non-hydrogen) atoms. The van der Waals surface area contributed by atoms with Gasteiger partial charge in [-0.25, -0.2) is 0 Å². The van der Waals surface area contributed by atoms with E-state index in [9.17, 15) is 9.59 Å². The monoisotopic (exact) mass is 412 g/mol. The second kappa shape index (κ2) is 10.7. The Labute approximate surface area is 179 Å². The molecule has 0 saturated heterocycles. The van der Waals surface area contributed by atoms with E-state index in [2.05, 4.69) is 5.32 Å². The lowest BCUT2D eigenvalue weighted by molar-refractivity contribution is -0.142. The normalized spacial score (nSPS) is 11.7. The van der Waals surface area contributed by atoms with Gasteiger partial charge in [-0.1, -0.05) is 18.2 Å². The Hall–Kier alpha value is -3.02. The summed E-state index contributed by atoms with van der Waals surface area (Å²) in [6.07, 6.45) is 0. The number of amides is 2. The van der Waals surface area contributed by atoms with Gasteiger partial charge in [-0.15, -0.1) is 0 Å². The molecule has 6 nitrogen and oxygen atoms in total. The molecule has 0 bridgehead atoms. The molecule has 2 amide bonds. The summed E-state index contributed by atoms with van der Waals surface area (Å²) in [5, 5.41) is 2.88. The first-order valence-corrected chi connectivity index (χ1v) is 10.1. The summed E-state index contributed by atoms with van der Waals surface area (Å²) in [6.45, 7) is 9.60. The summed E-state index contributed by atoms with van der Waals surface area (Å²) in [6, 6.07) is 12.6. The molecule has 0 aliphatic rings. The van der Waals surface area contributed by atoms with Gasteiger partial charge in [-0.2, -0.15) is 0 Å². The number of carbonyl (C=O) groups excluding carboxylic acids is 2. The number of nitrogens with one attached hydrogen (secondary N) is 1. The van der Waals surface area contributed by atoms with Crippen molar-refractivity contribution in [3.63, 3.8) is 0 Å². The molecule has 0 radical (unpaired) electrons. The smallest absolute Gasteiger partial charge is 0.261 e. The Morgan fingerprint density at radius 1 is 1.00 bits per heavy atom. The highest BCUT2D eigenvalue weighted by Crippen LogP contribution is 2.18. The van der Waals surface area contributed by atoms with Crippen molar-refractivity contribution in [1.29, 1.82) is 0 Å². The number of hydrogen-bond acceptors (Lipinski definition) is 4. The molecule has 1 N–H and O–H groups in total. The van der Waals surface area contributed by atoms with Crippen LogP contribution in [0.15, 0.2) is 42.5 Å². The molecule has 0 spiro atoms. The zero-order chi connectivity index (χ0) is 22.3. The van der Waals surface area contributed by atoms with E-state index in [1.807, 2.05) is 70.2 Å². The minimum atomic E-state index is -0.644. The standard InChI is InChI=1S/C24H32N2O4/c1-16(2)25-24(28)19(5)26(14-20-8-7-9-21(13-20)29-6)23(27)15-30-22-11-17(3)10-18(4)12-22/h7-13,16,19H,14-15H2,1-6H3,(H,25,28)/t19-/m1/s1. The minimum absolute atomic E-state index is 0.0137. The maximum atomic E-state index is 13.1. The van der Waals surface area contributed by atoms with Crippen molar-refractivity contribution >= 4 is 11.8 Å². The van der Waals surface area contributed by atoms with Crippen LogP contribution >= 0.6 is 0 Å². The minimum Gasteiger partial charge on any atom is -0.497 e. The molecule has 0 saturated carbocycles. The zero-order valence-electron chi connectivity index (χ0n) is 18.7. The summed E-state index contributed by atoms with van der Waals surface area (Å²) >= 11 is 0. The van der Waals surface area contributed by atoms with Crippen molar-refractivity contribution in [1.82, 2.24) is 10.2 Å². The van der Waals surface area contributed by atoms with E-state index in [4.69, 9.17) is 9.47 Å². The molecule has 0 unspecified atom stereocenters.